The monoisotopic (exact) mass is 1130 g/mol. The number of nitrogens with one attached hydrogen (secondary N) is 1. The van der Waals surface area contributed by atoms with Gasteiger partial charge < -0.3 is 29.0 Å². The Bertz CT molecular complexity index is 1650. The van der Waals surface area contributed by atoms with E-state index in [4.69, 9.17) is 23.7 Å². The van der Waals surface area contributed by atoms with Crippen LogP contribution >= 0.6 is 22.6 Å². The van der Waals surface area contributed by atoms with Crippen LogP contribution in [0.4, 0.5) is 0 Å². The van der Waals surface area contributed by atoms with E-state index < -0.39 is 0 Å². The number of hydrogen-bond donors (Lipinski definition) is 1. The van der Waals surface area contributed by atoms with E-state index in [9.17, 15) is 9.59 Å². The highest BCUT2D eigenvalue weighted by Crippen LogP contribution is 2.71. The highest BCUT2D eigenvalue weighted by molar-refractivity contribution is 14.1. The van der Waals surface area contributed by atoms with Gasteiger partial charge in [-0.2, -0.15) is 0 Å². The molecule has 1 amide bonds. The molecule has 0 aromatic rings. The fraction of sp³-hybridized carbons (Fsp3) is 0.873. The minimum atomic E-state index is -0.261. The van der Waals surface area contributed by atoms with Gasteiger partial charge in [-0.1, -0.05) is 151 Å². The van der Waals surface area contributed by atoms with Crippen molar-refractivity contribution in [3.05, 3.63) is 36.0 Å². The van der Waals surface area contributed by atoms with Crippen molar-refractivity contribution in [3.63, 3.8) is 0 Å². The Morgan fingerprint density at radius 1 is 0.781 bits per heavy atom. The van der Waals surface area contributed by atoms with Gasteiger partial charge in [-0.25, -0.2) is 0 Å². The lowest BCUT2D eigenvalue weighted by Gasteiger charge is -2.60. The molecular formula is C63H109IN2O7. The number of likely N-dealkylation sites (tertiary alicyclic amines) is 1. The summed E-state index contributed by atoms with van der Waals surface area (Å²) in [5, 5.41) is 2.90. The van der Waals surface area contributed by atoms with Crippen LogP contribution in [-0.4, -0.2) is 104 Å². The molecule has 3 saturated carbocycles. The lowest BCUT2D eigenvalue weighted by atomic mass is 9.47. The summed E-state index contributed by atoms with van der Waals surface area (Å²) in [6.45, 7) is 23.3. The predicted molar refractivity (Wildman–Crippen MR) is 310 cm³/mol. The fourth-order valence-electron chi connectivity index (χ4n) is 14.1. The minimum Gasteiger partial charge on any atom is -0.462 e. The highest BCUT2D eigenvalue weighted by Gasteiger charge is 2.64. The van der Waals surface area contributed by atoms with Crippen molar-refractivity contribution in [2.45, 2.75) is 243 Å². The summed E-state index contributed by atoms with van der Waals surface area (Å²) in [4.78, 5) is 28.1. The number of carbonyl (C=O) groups excluding carboxylic acids is 2. The highest BCUT2D eigenvalue weighted by atomic mass is 127. The molecule has 0 radical (unpaired) electrons. The molecule has 1 N–H and O–H groups in total. The number of halogens is 1. The molecule has 0 aromatic carbocycles. The number of ether oxygens (including phenoxy) is 5. The number of amides is 1. The number of hydrogen-bond acceptors (Lipinski definition) is 8. The topological polar surface area (TPSA) is 95.6 Å². The van der Waals surface area contributed by atoms with Gasteiger partial charge in [0.1, 0.15) is 6.10 Å². The smallest absolute Gasteiger partial charge is 0.306 e. The van der Waals surface area contributed by atoms with Gasteiger partial charge in [0.05, 0.1) is 52.2 Å². The molecule has 10 atom stereocenters. The molecule has 0 bridgehead atoms. The predicted octanol–water partition coefficient (Wildman–Crippen LogP) is 15.1. The maximum absolute atomic E-state index is 13.0. The van der Waals surface area contributed by atoms with Gasteiger partial charge >= 0.3 is 5.97 Å². The summed E-state index contributed by atoms with van der Waals surface area (Å²) < 4.78 is 30.4. The number of fused-ring (bicyclic) bond motifs is 5. The summed E-state index contributed by atoms with van der Waals surface area (Å²) in [5.41, 5.74) is 2.16. The van der Waals surface area contributed by atoms with E-state index in [-0.39, 0.29) is 42.3 Å². The number of alkyl halides is 1. The van der Waals surface area contributed by atoms with Crippen LogP contribution in [0, 0.1) is 40.4 Å². The lowest BCUT2D eigenvalue weighted by Crippen LogP contribution is -2.54. The van der Waals surface area contributed by atoms with E-state index in [0.29, 0.717) is 61.1 Å². The van der Waals surface area contributed by atoms with Gasteiger partial charge in [0.15, 0.2) is 0 Å². The molecule has 9 nitrogen and oxygen atoms in total. The second kappa shape index (κ2) is 33.9. The number of allylic oxidation sites excluding steroid dienone is 5. The second-order valence-electron chi connectivity index (χ2n) is 24.4. The third kappa shape index (κ3) is 20.1. The molecule has 10 heteroatoms. The fourth-order valence-corrected chi connectivity index (χ4v) is 15.4. The van der Waals surface area contributed by atoms with Crippen molar-refractivity contribution in [2.75, 3.05) is 65.9 Å². The first-order chi connectivity index (χ1) is 35.3. The lowest BCUT2D eigenvalue weighted by molar-refractivity contribution is -0.152. The third-order valence-corrected chi connectivity index (χ3v) is 21.5. The summed E-state index contributed by atoms with van der Waals surface area (Å²) in [6.07, 6.45) is 43.1. The zero-order valence-corrected chi connectivity index (χ0v) is 50.0. The SMILES string of the molecule is CCCCC/C=C\C/C=C\CCCCCCCCOCC(CN1CCCC1C)OCCOCCOCCNC(=O)CCC(=O)O[C@H]1CC[C@@]2(C)C(=CC[C@@H]3[C@@H]2CC[C@@]2(C)[C@H]3CC[C@]2(I)[C@H](C)CCCC(C)C)C1. The van der Waals surface area contributed by atoms with E-state index in [2.05, 4.69) is 112 Å². The molecule has 4 fully saturated rings. The molecular weight excluding hydrogens is 1020 g/mol. The third-order valence-electron chi connectivity index (χ3n) is 18.7. The maximum atomic E-state index is 13.0. The van der Waals surface area contributed by atoms with Gasteiger partial charge in [0, 0.05) is 42.0 Å². The zero-order valence-electron chi connectivity index (χ0n) is 47.9. The molecule has 1 heterocycles. The van der Waals surface area contributed by atoms with Crippen molar-refractivity contribution in [2.24, 2.45) is 40.4 Å². The summed E-state index contributed by atoms with van der Waals surface area (Å²) in [7, 11) is 0. The van der Waals surface area contributed by atoms with Gasteiger partial charge in [-0.15, -0.1) is 0 Å². The Morgan fingerprint density at radius 3 is 2.23 bits per heavy atom. The Labute approximate surface area is 461 Å². The summed E-state index contributed by atoms with van der Waals surface area (Å²) in [6, 6.07) is 0.594. The average Bonchev–Trinajstić information content (AvgIpc) is 3.91. The number of nitrogens with zero attached hydrogens (tertiary/aromatic N) is 1. The maximum Gasteiger partial charge on any atom is 0.306 e. The molecule has 0 aromatic heterocycles. The molecule has 1 aliphatic heterocycles. The van der Waals surface area contributed by atoms with E-state index in [1.54, 1.807) is 0 Å². The summed E-state index contributed by atoms with van der Waals surface area (Å²) in [5.74, 6) is 3.46. The van der Waals surface area contributed by atoms with E-state index >= 15 is 0 Å². The molecule has 1 saturated heterocycles. The zero-order chi connectivity index (χ0) is 52.4. The van der Waals surface area contributed by atoms with Gasteiger partial charge in [0.25, 0.3) is 0 Å². The van der Waals surface area contributed by atoms with Crippen LogP contribution in [0.5, 0.6) is 0 Å². The van der Waals surface area contributed by atoms with Gasteiger partial charge in [-0.05, 0) is 157 Å². The molecule has 2 unspecified atom stereocenters. The van der Waals surface area contributed by atoms with E-state index in [1.807, 2.05) is 0 Å². The van der Waals surface area contributed by atoms with Crippen LogP contribution < -0.4 is 5.32 Å². The van der Waals surface area contributed by atoms with Crippen LogP contribution in [0.1, 0.15) is 222 Å². The standard InChI is InChI=1S/C63H109IN2O7/c1-8-9-10-11-12-13-14-15-16-17-18-19-20-21-22-23-41-71-49-55(48-66-40-25-28-52(66)5)72-46-45-70-44-43-69-42-39-65-59(67)31-32-60(68)73-54-33-36-61(6)53(47-54)29-30-56-57(61)34-37-62(7)58(56)35-38-63(62,64)51(4)27-24-26-50(2)3/h12-13,15-16,29,50-52,54-58H,8-11,14,17-28,30-49H2,1-7H3,(H,65,67)/b13-12-,16-15-/t51-,52?,54+,55?,56-,57+,58+,61+,62+,63+/m1/s1. The van der Waals surface area contributed by atoms with E-state index in [0.717, 1.165) is 81.4 Å². The number of esters is 1. The molecule has 0 spiro atoms. The Balaban J connectivity index is 0.860. The molecule has 73 heavy (non-hydrogen) atoms. The minimum absolute atomic E-state index is 0.0393. The molecule has 4 aliphatic carbocycles. The number of unbranched alkanes of at least 4 members (excludes halogenated alkanes) is 9. The normalized spacial score (nSPS) is 29.1. The van der Waals surface area contributed by atoms with Crippen LogP contribution in [0.25, 0.3) is 0 Å². The van der Waals surface area contributed by atoms with Crippen molar-refractivity contribution in [1.29, 1.82) is 0 Å². The van der Waals surface area contributed by atoms with Crippen molar-refractivity contribution in [1.82, 2.24) is 10.2 Å². The van der Waals surface area contributed by atoms with Crippen molar-refractivity contribution < 1.29 is 33.3 Å². The van der Waals surface area contributed by atoms with E-state index in [1.165, 1.54) is 134 Å². The molecule has 5 aliphatic rings. The Morgan fingerprint density at radius 2 is 1.49 bits per heavy atom. The van der Waals surface area contributed by atoms with Crippen LogP contribution in [0.3, 0.4) is 0 Å². The number of carbonyl (C=O) groups is 2. The van der Waals surface area contributed by atoms with Crippen LogP contribution in [0.2, 0.25) is 0 Å². The summed E-state index contributed by atoms with van der Waals surface area (Å²) >= 11 is 2.95. The van der Waals surface area contributed by atoms with Crippen molar-refractivity contribution in [3.8, 4) is 0 Å². The van der Waals surface area contributed by atoms with Crippen LogP contribution in [-0.2, 0) is 33.3 Å². The van der Waals surface area contributed by atoms with Gasteiger partial charge in [-0.3, -0.25) is 14.5 Å². The van der Waals surface area contributed by atoms with Gasteiger partial charge in [0.2, 0.25) is 5.91 Å². The quantitative estimate of drug-likeness (QED) is 0.0215. The van der Waals surface area contributed by atoms with Crippen molar-refractivity contribution >= 4 is 34.5 Å². The first-order valence-electron chi connectivity index (χ1n) is 30.5. The Hall–Kier alpha value is -1.31. The molecule has 5 rings (SSSR count). The first kappa shape index (κ1) is 62.5. The van der Waals surface area contributed by atoms with Crippen LogP contribution in [0.15, 0.2) is 36.0 Å². The average molecular weight is 1130 g/mol. The molecule has 420 valence electrons. The Kier molecular flexibility index (Phi) is 29.0. The first-order valence-corrected chi connectivity index (χ1v) is 31.6. The number of rotatable bonds is 38. The second-order valence-corrected chi connectivity index (χ2v) is 26.3. The largest absolute Gasteiger partial charge is 0.462 e.